The van der Waals surface area contributed by atoms with Crippen LogP contribution in [-0.2, 0) is 32.9 Å². The Morgan fingerprint density at radius 1 is 1.07 bits per heavy atom. The van der Waals surface area contributed by atoms with Gasteiger partial charge in [0.2, 0.25) is 0 Å². The first kappa shape index (κ1) is 27.3. The largest absolute Gasteiger partial charge is 0.490 e. The van der Waals surface area contributed by atoms with Gasteiger partial charge >= 0.3 is 0 Å². The molecule has 6 rings (SSSR count). The Bertz CT molecular complexity index is 1510. The molecule has 8 heteroatoms. The molecule has 0 radical (unpaired) electrons. The van der Waals surface area contributed by atoms with Crippen LogP contribution in [0, 0.1) is 5.92 Å². The van der Waals surface area contributed by atoms with Gasteiger partial charge in [-0.05, 0) is 104 Å². The number of fused-ring (bicyclic) bond motifs is 3. The van der Waals surface area contributed by atoms with Crippen molar-refractivity contribution in [3.8, 4) is 5.75 Å². The van der Waals surface area contributed by atoms with E-state index in [0.29, 0.717) is 24.7 Å². The van der Waals surface area contributed by atoms with E-state index < -0.39 is 15.6 Å². The summed E-state index contributed by atoms with van der Waals surface area (Å²) in [6.07, 6.45) is 10.7. The van der Waals surface area contributed by atoms with Crippen LogP contribution in [0.25, 0.3) is 0 Å². The van der Waals surface area contributed by atoms with Crippen LogP contribution in [0.5, 0.6) is 5.75 Å². The van der Waals surface area contributed by atoms with Crippen molar-refractivity contribution in [2.45, 2.75) is 61.7 Å². The number of Topliss-reactive ketones (excluding diaryl/α,β-unsaturated/α-hetero) is 1. The van der Waals surface area contributed by atoms with Crippen molar-refractivity contribution in [3.05, 3.63) is 82.6 Å². The second kappa shape index (κ2) is 11.2. The van der Waals surface area contributed by atoms with Crippen molar-refractivity contribution in [1.29, 1.82) is 0 Å². The maximum Gasteiger partial charge on any atom is 0.185 e. The number of aromatic nitrogens is 1. The monoisotopic (exact) mass is 578 g/mol. The van der Waals surface area contributed by atoms with E-state index in [1.54, 1.807) is 30.6 Å². The van der Waals surface area contributed by atoms with Crippen molar-refractivity contribution >= 4 is 32.9 Å². The van der Waals surface area contributed by atoms with Gasteiger partial charge in [0.25, 0.3) is 0 Å². The number of pyridine rings is 1. The van der Waals surface area contributed by atoms with Crippen LogP contribution in [0.2, 0.25) is 5.02 Å². The SMILES string of the molecule is O=C(CCc1ccncc1)CS(=O)(=O)c1ccc2c(c1)N(CC1CCC1)C[C@@]1(CCCc3cc(Cl)ccc31)CO2. The number of nitrogens with zero attached hydrogens (tertiary/aromatic N) is 2. The van der Waals surface area contributed by atoms with Gasteiger partial charge in [-0.1, -0.05) is 24.1 Å². The second-order valence-electron chi connectivity index (χ2n) is 11.7. The highest BCUT2D eigenvalue weighted by Gasteiger charge is 2.42. The van der Waals surface area contributed by atoms with E-state index >= 15 is 0 Å². The van der Waals surface area contributed by atoms with Crippen LogP contribution in [0.3, 0.4) is 0 Å². The number of ketones is 1. The van der Waals surface area contributed by atoms with Crippen molar-refractivity contribution in [2.24, 2.45) is 5.92 Å². The third-order valence-corrected chi connectivity index (χ3v) is 10.8. The van der Waals surface area contributed by atoms with E-state index in [1.165, 1.54) is 30.4 Å². The lowest BCUT2D eigenvalue weighted by Crippen LogP contribution is -2.47. The summed E-state index contributed by atoms with van der Waals surface area (Å²) in [5, 5.41) is 0.755. The van der Waals surface area contributed by atoms with Crippen LogP contribution < -0.4 is 9.64 Å². The Morgan fingerprint density at radius 3 is 2.67 bits per heavy atom. The van der Waals surface area contributed by atoms with Crippen LogP contribution in [-0.4, -0.2) is 44.6 Å². The van der Waals surface area contributed by atoms with E-state index in [-0.39, 0.29) is 22.5 Å². The molecule has 0 bridgehead atoms. The summed E-state index contributed by atoms with van der Waals surface area (Å²) >= 11 is 6.36. The molecule has 2 aliphatic carbocycles. The fraction of sp³-hybridized carbons (Fsp3) is 0.438. The van der Waals surface area contributed by atoms with Gasteiger partial charge in [-0.25, -0.2) is 8.42 Å². The molecule has 0 N–H and O–H groups in total. The molecule has 1 atom stereocenters. The summed E-state index contributed by atoms with van der Waals surface area (Å²) in [6.45, 7) is 2.17. The predicted molar refractivity (Wildman–Crippen MR) is 157 cm³/mol. The van der Waals surface area contributed by atoms with Gasteiger partial charge < -0.3 is 9.64 Å². The highest BCUT2D eigenvalue weighted by atomic mass is 35.5. The summed E-state index contributed by atoms with van der Waals surface area (Å²) in [4.78, 5) is 19.2. The number of benzene rings is 2. The Labute approximate surface area is 241 Å². The van der Waals surface area contributed by atoms with Crippen LogP contribution in [0.15, 0.2) is 65.8 Å². The molecule has 1 aromatic heterocycles. The van der Waals surface area contributed by atoms with Crippen LogP contribution in [0.1, 0.15) is 55.2 Å². The molecule has 0 unspecified atom stereocenters. The third-order valence-electron chi connectivity index (χ3n) is 8.86. The third kappa shape index (κ3) is 5.64. The molecule has 3 aromatic rings. The van der Waals surface area contributed by atoms with Gasteiger partial charge in [-0.3, -0.25) is 9.78 Å². The highest BCUT2D eigenvalue weighted by molar-refractivity contribution is 7.92. The van der Waals surface area contributed by atoms with E-state index in [0.717, 1.165) is 48.6 Å². The Kier molecular flexibility index (Phi) is 7.62. The molecule has 40 heavy (non-hydrogen) atoms. The lowest BCUT2D eigenvalue weighted by atomic mass is 9.70. The predicted octanol–water partition coefficient (Wildman–Crippen LogP) is 5.98. The topological polar surface area (TPSA) is 76.6 Å². The molecular formula is C32H35ClN2O4S. The van der Waals surface area contributed by atoms with Crippen molar-refractivity contribution in [1.82, 2.24) is 4.98 Å². The Hall–Kier alpha value is -2.90. The molecule has 210 valence electrons. The van der Waals surface area contributed by atoms with Gasteiger partial charge in [-0.15, -0.1) is 0 Å². The Morgan fingerprint density at radius 2 is 1.90 bits per heavy atom. The molecule has 3 aliphatic rings. The van der Waals surface area contributed by atoms with E-state index in [4.69, 9.17) is 16.3 Å². The maximum absolute atomic E-state index is 13.4. The van der Waals surface area contributed by atoms with Gasteiger partial charge in [0.15, 0.2) is 9.84 Å². The molecule has 1 aliphatic heterocycles. The van der Waals surface area contributed by atoms with Gasteiger partial charge in [0.05, 0.1) is 17.2 Å². The summed E-state index contributed by atoms with van der Waals surface area (Å²) in [5.74, 6) is 0.510. The van der Waals surface area contributed by atoms with E-state index in [9.17, 15) is 13.2 Å². The number of rotatable bonds is 8. The fourth-order valence-electron chi connectivity index (χ4n) is 6.48. The molecule has 1 spiro atoms. The second-order valence-corrected chi connectivity index (χ2v) is 14.1. The molecule has 0 saturated heterocycles. The van der Waals surface area contributed by atoms with Crippen molar-refractivity contribution in [2.75, 3.05) is 30.3 Å². The van der Waals surface area contributed by atoms with Gasteiger partial charge in [0.1, 0.15) is 17.3 Å². The number of hydrogen-bond donors (Lipinski definition) is 0. The first-order valence-electron chi connectivity index (χ1n) is 14.3. The molecular weight excluding hydrogens is 544 g/mol. The highest BCUT2D eigenvalue weighted by Crippen LogP contribution is 2.45. The number of halogens is 1. The van der Waals surface area contributed by atoms with Gasteiger partial charge in [0, 0.05) is 42.3 Å². The normalized spacial score (nSPS) is 20.7. The average Bonchev–Trinajstić information content (AvgIpc) is 3.07. The zero-order valence-electron chi connectivity index (χ0n) is 22.6. The minimum Gasteiger partial charge on any atom is -0.490 e. The first-order valence-corrected chi connectivity index (χ1v) is 16.3. The number of carbonyl (C=O) groups excluding carboxylic acids is 1. The summed E-state index contributed by atoms with van der Waals surface area (Å²) in [7, 11) is -3.80. The summed E-state index contributed by atoms with van der Waals surface area (Å²) < 4.78 is 33.3. The maximum atomic E-state index is 13.4. The number of ether oxygens (including phenoxy) is 1. The lowest BCUT2D eigenvalue weighted by molar-refractivity contribution is -0.116. The average molecular weight is 579 g/mol. The molecule has 0 amide bonds. The molecule has 6 nitrogen and oxygen atoms in total. The van der Waals surface area contributed by atoms with E-state index in [2.05, 4.69) is 22.0 Å². The fourth-order valence-corrected chi connectivity index (χ4v) is 7.97. The molecule has 1 fully saturated rings. The minimum absolute atomic E-state index is 0.178. The van der Waals surface area contributed by atoms with Crippen molar-refractivity contribution in [3.63, 3.8) is 0 Å². The van der Waals surface area contributed by atoms with Crippen molar-refractivity contribution < 1.29 is 17.9 Å². The molecule has 2 aromatic carbocycles. The number of sulfone groups is 1. The quantitative estimate of drug-likeness (QED) is 0.327. The van der Waals surface area contributed by atoms with Crippen LogP contribution in [0.4, 0.5) is 5.69 Å². The lowest BCUT2D eigenvalue weighted by Gasteiger charge is -2.42. The molecule has 2 heterocycles. The zero-order valence-corrected chi connectivity index (χ0v) is 24.2. The van der Waals surface area contributed by atoms with Crippen LogP contribution >= 0.6 is 11.6 Å². The number of carbonyl (C=O) groups is 1. The molecule has 1 saturated carbocycles. The summed E-state index contributed by atoms with van der Waals surface area (Å²) in [6, 6.07) is 15.0. The Balaban J connectivity index is 1.27. The smallest absolute Gasteiger partial charge is 0.185 e. The number of anilines is 1. The minimum atomic E-state index is -3.80. The zero-order chi connectivity index (χ0) is 27.7. The van der Waals surface area contributed by atoms with E-state index in [1.807, 2.05) is 18.2 Å². The number of aryl methyl sites for hydroxylation is 2. The summed E-state index contributed by atoms with van der Waals surface area (Å²) in [5.41, 5.74) is 4.17. The standard InChI is InChI=1S/C32H35ClN2O4S/c33-26-7-10-29-25(17-26)5-2-14-32(29)21-35(19-24-3-1-4-24)30-18-28(9-11-31(30)39-22-32)40(37,38)20-27(36)8-6-23-12-15-34-16-13-23/h7,9-13,15-18,24H,1-6,8,14,19-22H2/t32-/m0/s1. The first-order chi connectivity index (χ1) is 19.3. The van der Waals surface area contributed by atoms with Gasteiger partial charge in [-0.2, -0.15) is 0 Å². The number of hydrogen-bond acceptors (Lipinski definition) is 6.